The minimum absolute atomic E-state index is 0. The Bertz CT molecular complexity index is 415. The Kier molecular flexibility index (Phi) is 7.32. The molecule has 3 atom stereocenters. The average Bonchev–Trinajstić information content (AvgIpc) is 2.42. The van der Waals surface area contributed by atoms with E-state index in [1.54, 1.807) is 7.11 Å². The van der Waals surface area contributed by atoms with Crippen molar-refractivity contribution in [1.29, 1.82) is 0 Å². The molecule has 0 bridgehead atoms. The lowest BCUT2D eigenvalue weighted by molar-refractivity contribution is -0.182. The van der Waals surface area contributed by atoms with Crippen LogP contribution in [0.3, 0.4) is 0 Å². The van der Waals surface area contributed by atoms with E-state index in [0.29, 0.717) is 0 Å². The number of hydrogen-bond donors (Lipinski definition) is 3. The van der Waals surface area contributed by atoms with Crippen LogP contribution in [0.25, 0.3) is 0 Å². The summed E-state index contributed by atoms with van der Waals surface area (Å²) in [6.45, 7) is 9.87. The summed E-state index contributed by atoms with van der Waals surface area (Å²) in [7, 11) is 1.69. The second kappa shape index (κ2) is 7.62. The van der Waals surface area contributed by atoms with Gasteiger partial charge in [-0.2, -0.15) is 0 Å². The fourth-order valence-electron chi connectivity index (χ4n) is 2.56. The van der Waals surface area contributed by atoms with E-state index in [4.69, 9.17) is 10.5 Å². The third-order valence-electron chi connectivity index (χ3n) is 5.06. The monoisotopic (exact) mass is 335 g/mol. The van der Waals surface area contributed by atoms with Gasteiger partial charge in [0.2, 0.25) is 11.8 Å². The fraction of sp³-hybridized carbons (Fsp3) is 0.867. The number of nitrogens with one attached hydrogen (secondary N) is 2. The van der Waals surface area contributed by atoms with Gasteiger partial charge in [0, 0.05) is 18.6 Å². The zero-order valence-electron chi connectivity index (χ0n) is 14.4. The number of ether oxygens (including phenoxy) is 1. The molecule has 2 amide bonds. The minimum atomic E-state index is -0.588. The standard InChI is InChI=1S/C15H29N3O3.ClH/c1-9(2)12(16)13(20)17-8-11(19)18-10-7-15(5,21-6)14(10,3)4;/h9-10,12H,7-8,16H2,1-6H3,(H,17,20)(H,18,19);1H/t10?,12-,15?;/m0./s1. The molecule has 22 heavy (non-hydrogen) atoms. The van der Waals surface area contributed by atoms with Gasteiger partial charge < -0.3 is 21.1 Å². The van der Waals surface area contributed by atoms with Gasteiger partial charge in [0.1, 0.15) is 0 Å². The molecule has 2 unspecified atom stereocenters. The Labute approximate surface area is 139 Å². The van der Waals surface area contributed by atoms with Crippen LogP contribution >= 0.6 is 12.4 Å². The van der Waals surface area contributed by atoms with Gasteiger partial charge in [-0.25, -0.2) is 0 Å². The molecule has 0 aromatic heterocycles. The molecule has 1 saturated carbocycles. The quantitative estimate of drug-likeness (QED) is 0.670. The van der Waals surface area contributed by atoms with Crippen LogP contribution in [0.2, 0.25) is 0 Å². The molecule has 6 nitrogen and oxygen atoms in total. The smallest absolute Gasteiger partial charge is 0.239 e. The van der Waals surface area contributed by atoms with E-state index in [0.717, 1.165) is 6.42 Å². The number of rotatable bonds is 6. The molecule has 1 aliphatic rings. The summed E-state index contributed by atoms with van der Waals surface area (Å²) >= 11 is 0. The van der Waals surface area contributed by atoms with Crippen molar-refractivity contribution in [2.45, 2.75) is 58.7 Å². The van der Waals surface area contributed by atoms with Crippen molar-refractivity contribution in [2.75, 3.05) is 13.7 Å². The Balaban J connectivity index is 0.00000441. The number of carbonyl (C=O) groups is 2. The van der Waals surface area contributed by atoms with E-state index in [-0.39, 0.29) is 53.7 Å². The molecule has 7 heteroatoms. The van der Waals surface area contributed by atoms with Gasteiger partial charge in [0.05, 0.1) is 18.2 Å². The third-order valence-corrected chi connectivity index (χ3v) is 5.06. The van der Waals surface area contributed by atoms with Crippen LogP contribution < -0.4 is 16.4 Å². The van der Waals surface area contributed by atoms with Crippen LogP contribution in [0.5, 0.6) is 0 Å². The van der Waals surface area contributed by atoms with E-state index in [1.807, 2.05) is 20.8 Å². The summed E-state index contributed by atoms with van der Waals surface area (Å²) in [5.41, 5.74) is 5.35. The van der Waals surface area contributed by atoms with Crippen LogP contribution in [-0.2, 0) is 14.3 Å². The molecular formula is C15H30ClN3O3. The van der Waals surface area contributed by atoms with Gasteiger partial charge >= 0.3 is 0 Å². The number of carbonyl (C=O) groups excluding carboxylic acids is 2. The van der Waals surface area contributed by atoms with Gasteiger partial charge in [-0.1, -0.05) is 27.7 Å². The van der Waals surface area contributed by atoms with Crippen molar-refractivity contribution in [3.63, 3.8) is 0 Å². The zero-order valence-corrected chi connectivity index (χ0v) is 15.2. The number of amides is 2. The maximum absolute atomic E-state index is 11.9. The highest BCUT2D eigenvalue weighted by Crippen LogP contribution is 2.51. The van der Waals surface area contributed by atoms with Gasteiger partial charge in [0.25, 0.3) is 0 Å². The molecule has 0 aromatic rings. The van der Waals surface area contributed by atoms with Gasteiger partial charge in [-0.05, 0) is 19.3 Å². The summed E-state index contributed by atoms with van der Waals surface area (Å²) in [6, 6.07) is -0.541. The van der Waals surface area contributed by atoms with Gasteiger partial charge in [-0.15, -0.1) is 12.4 Å². The molecule has 0 heterocycles. The Morgan fingerprint density at radius 1 is 1.32 bits per heavy atom. The predicted octanol–water partition coefficient (Wildman–Crippen LogP) is 0.828. The number of methoxy groups -OCH3 is 1. The molecule has 0 saturated heterocycles. The van der Waals surface area contributed by atoms with Crippen LogP contribution in [0.1, 0.15) is 41.0 Å². The topological polar surface area (TPSA) is 93.5 Å². The number of hydrogen-bond acceptors (Lipinski definition) is 4. The van der Waals surface area contributed by atoms with Crippen LogP contribution in [0.15, 0.2) is 0 Å². The van der Waals surface area contributed by atoms with Crippen molar-refractivity contribution in [1.82, 2.24) is 10.6 Å². The molecular weight excluding hydrogens is 306 g/mol. The molecule has 0 radical (unpaired) electrons. The van der Waals surface area contributed by atoms with Gasteiger partial charge in [0.15, 0.2) is 0 Å². The molecule has 0 aromatic carbocycles. The van der Waals surface area contributed by atoms with E-state index in [1.165, 1.54) is 0 Å². The van der Waals surface area contributed by atoms with Crippen LogP contribution in [0, 0.1) is 11.3 Å². The van der Waals surface area contributed by atoms with Crippen molar-refractivity contribution in [3.8, 4) is 0 Å². The highest BCUT2D eigenvalue weighted by Gasteiger charge is 2.58. The minimum Gasteiger partial charge on any atom is -0.378 e. The first-order valence-corrected chi connectivity index (χ1v) is 7.43. The van der Waals surface area contributed by atoms with Crippen molar-refractivity contribution in [3.05, 3.63) is 0 Å². The molecule has 130 valence electrons. The summed E-state index contributed by atoms with van der Waals surface area (Å²) in [4.78, 5) is 23.6. The largest absolute Gasteiger partial charge is 0.378 e. The molecule has 1 aliphatic carbocycles. The first-order chi connectivity index (χ1) is 9.55. The Morgan fingerprint density at radius 2 is 1.86 bits per heavy atom. The third kappa shape index (κ3) is 4.12. The average molecular weight is 336 g/mol. The maximum atomic E-state index is 11.9. The van der Waals surface area contributed by atoms with Gasteiger partial charge in [-0.3, -0.25) is 9.59 Å². The molecule has 1 rings (SSSR count). The Morgan fingerprint density at radius 3 is 2.27 bits per heavy atom. The summed E-state index contributed by atoms with van der Waals surface area (Å²) < 4.78 is 5.52. The first kappa shape index (κ1) is 21.1. The van der Waals surface area contributed by atoms with E-state index in [2.05, 4.69) is 24.5 Å². The van der Waals surface area contributed by atoms with Crippen molar-refractivity contribution >= 4 is 24.2 Å². The van der Waals surface area contributed by atoms with E-state index in [9.17, 15) is 9.59 Å². The lowest BCUT2D eigenvalue weighted by Gasteiger charge is -2.59. The second-order valence-electron chi connectivity index (χ2n) is 6.97. The lowest BCUT2D eigenvalue weighted by Crippen LogP contribution is -2.69. The summed E-state index contributed by atoms with van der Waals surface area (Å²) in [5, 5.41) is 5.52. The SMILES string of the molecule is COC1(C)CC(NC(=O)CNC(=O)[C@@H](N)C(C)C)C1(C)C.Cl. The molecule has 1 fully saturated rings. The fourth-order valence-corrected chi connectivity index (χ4v) is 2.56. The second-order valence-corrected chi connectivity index (χ2v) is 6.97. The summed E-state index contributed by atoms with van der Waals surface area (Å²) in [6.07, 6.45) is 0.766. The Hall–Kier alpha value is -0.850. The normalized spacial score (nSPS) is 27.4. The molecule has 4 N–H and O–H groups in total. The lowest BCUT2D eigenvalue weighted by atomic mass is 9.56. The van der Waals surface area contributed by atoms with Crippen molar-refractivity contribution in [2.24, 2.45) is 17.1 Å². The predicted molar refractivity (Wildman–Crippen MR) is 88.8 cm³/mol. The van der Waals surface area contributed by atoms with Crippen LogP contribution in [-0.4, -0.2) is 43.2 Å². The van der Waals surface area contributed by atoms with E-state index >= 15 is 0 Å². The van der Waals surface area contributed by atoms with E-state index < -0.39 is 6.04 Å². The first-order valence-electron chi connectivity index (χ1n) is 7.43. The summed E-state index contributed by atoms with van der Waals surface area (Å²) in [5.74, 6) is -0.452. The highest BCUT2D eigenvalue weighted by molar-refractivity contribution is 5.87. The van der Waals surface area contributed by atoms with Crippen molar-refractivity contribution < 1.29 is 14.3 Å². The highest BCUT2D eigenvalue weighted by atomic mass is 35.5. The molecule has 0 spiro atoms. The molecule has 0 aliphatic heterocycles. The zero-order chi connectivity index (χ0) is 16.4. The maximum Gasteiger partial charge on any atom is 0.239 e. The number of nitrogens with two attached hydrogens (primary N) is 1. The van der Waals surface area contributed by atoms with Crippen LogP contribution in [0.4, 0.5) is 0 Å². The number of halogens is 1.